The monoisotopic (exact) mass is 358 g/mol. The summed E-state index contributed by atoms with van der Waals surface area (Å²) in [5, 5.41) is 0. The zero-order chi connectivity index (χ0) is 18.6. The summed E-state index contributed by atoms with van der Waals surface area (Å²) in [7, 11) is 1.67. The second kappa shape index (κ2) is 8.21. The van der Waals surface area contributed by atoms with Crippen LogP contribution in [0.4, 0.5) is 0 Å². The first-order valence-electron chi connectivity index (χ1n) is 9.65. The molecule has 0 N–H and O–H groups in total. The molecule has 0 aromatic heterocycles. The van der Waals surface area contributed by atoms with Crippen molar-refractivity contribution >= 4 is 11.8 Å². The molecule has 26 heavy (non-hydrogen) atoms. The molecule has 0 bridgehead atoms. The SMILES string of the molecule is COCCN1CC2(CCC1=O)CCN(C(=O)[C@H](C)c1ccccc1)CC2. The molecule has 2 aliphatic rings. The van der Waals surface area contributed by atoms with Crippen LogP contribution < -0.4 is 0 Å². The van der Waals surface area contributed by atoms with E-state index in [0.29, 0.717) is 19.6 Å². The number of piperidine rings is 2. The lowest BCUT2D eigenvalue weighted by Crippen LogP contribution is -2.53. The average molecular weight is 358 g/mol. The molecule has 2 saturated heterocycles. The Balaban J connectivity index is 1.58. The Hall–Kier alpha value is -1.88. The summed E-state index contributed by atoms with van der Waals surface area (Å²) < 4.78 is 5.14. The van der Waals surface area contributed by atoms with Crippen molar-refractivity contribution in [1.82, 2.24) is 9.80 Å². The number of methoxy groups -OCH3 is 1. The largest absolute Gasteiger partial charge is 0.383 e. The van der Waals surface area contributed by atoms with Gasteiger partial charge >= 0.3 is 0 Å². The van der Waals surface area contributed by atoms with Crippen LogP contribution in [0.25, 0.3) is 0 Å². The Bertz CT molecular complexity index is 623. The minimum atomic E-state index is -0.101. The zero-order valence-corrected chi connectivity index (χ0v) is 15.9. The van der Waals surface area contributed by atoms with Gasteiger partial charge in [0, 0.05) is 39.7 Å². The second-order valence-electron chi connectivity index (χ2n) is 7.77. The van der Waals surface area contributed by atoms with Crippen LogP contribution in [-0.2, 0) is 14.3 Å². The Kier molecular flexibility index (Phi) is 5.97. The molecule has 0 unspecified atom stereocenters. The molecule has 0 radical (unpaired) electrons. The van der Waals surface area contributed by atoms with Gasteiger partial charge in [-0.1, -0.05) is 30.3 Å². The Morgan fingerprint density at radius 2 is 1.88 bits per heavy atom. The van der Waals surface area contributed by atoms with Crippen molar-refractivity contribution in [2.24, 2.45) is 5.41 Å². The zero-order valence-electron chi connectivity index (χ0n) is 15.9. The van der Waals surface area contributed by atoms with Crippen LogP contribution in [0.15, 0.2) is 30.3 Å². The number of benzene rings is 1. The fourth-order valence-electron chi connectivity index (χ4n) is 4.28. The van der Waals surface area contributed by atoms with E-state index in [-0.39, 0.29) is 23.1 Å². The number of carbonyl (C=O) groups excluding carboxylic acids is 2. The van der Waals surface area contributed by atoms with Crippen LogP contribution >= 0.6 is 0 Å². The number of rotatable bonds is 5. The highest BCUT2D eigenvalue weighted by atomic mass is 16.5. The summed E-state index contributed by atoms with van der Waals surface area (Å²) in [6.07, 6.45) is 3.54. The Labute approximate surface area is 156 Å². The first kappa shape index (κ1) is 18.9. The molecule has 2 heterocycles. The van der Waals surface area contributed by atoms with Crippen molar-refractivity contribution in [2.75, 3.05) is 39.9 Å². The summed E-state index contributed by atoms with van der Waals surface area (Å²) in [4.78, 5) is 29.0. The van der Waals surface area contributed by atoms with Gasteiger partial charge in [0.1, 0.15) is 0 Å². The van der Waals surface area contributed by atoms with Gasteiger partial charge in [-0.2, -0.15) is 0 Å². The quantitative estimate of drug-likeness (QED) is 0.813. The third kappa shape index (κ3) is 4.09. The van der Waals surface area contributed by atoms with E-state index >= 15 is 0 Å². The lowest BCUT2D eigenvalue weighted by atomic mass is 9.72. The van der Waals surface area contributed by atoms with Crippen molar-refractivity contribution in [3.05, 3.63) is 35.9 Å². The molecule has 0 aliphatic carbocycles. The maximum atomic E-state index is 12.9. The van der Waals surface area contributed by atoms with E-state index in [1.54, 1.807) is 7.11 Å². The van der Waals surface area contributed by atoms with Crippen molar-refractivity contribution in [2.45, 2.75) is 38.5 Å². The highest BCUT2D eigenvalue weighted by Crippen LogP contribution is 2.40. The Morgan fingerprint density at radius 1 is 1.19 bits per heavy atom. The molecule has 3 rings (SSSR count). The molecule has 2 amide bonds. The molecule has 5 heteroatoms. The predicted octanol–water partition coefficient (Wildman–Crippen LogP) is 2.67. The fourth-order valence-corrected chi connectivity index (χ4v) is 4.28. The molecular weight excluding hydrogens is 328 g/mol. The molecule has 142 valence electrons. The van der Waals surface area contributed by atoms with Gasteiger partial charge < -0.3 is 14.5 Å². The van der Waals surface area contributed by atoms with Gasteiger partial charge in [0.15, 0.2) is 0 Å². The molecule has 1 aromatic rings. The van der Waals surface area contributed by atoms with Crippen LogP contribution in [0.5, 0.6) is 0 Å². The first-order chi connectivity index (χ1) is 12.5. The summed E-state index contributed by atoms with van der Waals surface area (Å²) in [6.45, 7) is 5.65. The fraction of sp³-hybridized carbons (Fsp3) is 0.619. The van der Waals surface area contributed by atoms with Crippen molar-refractivity contribution in [3.63, 3.8) is 0 Å². The predicted molar refractivity (Wildman–Crippen MR) is 101 cm³/mol. The summed E-state index contributed by atoms with van der Waals surface area (Å²) >= 11 is 0. The van der Waals surface area contributed by atoms with E-state index in [9.17, 15) is 9.59 Å². The smallest absolute Gasteiger partial charge is 0.229 e. The van der Waals surface area contributed by atoms with Crippen LogP contribution in [0.1, 0.15) is 44.1 Å². The van der Waals surface area contributed by atoms with Crippen LogP contribution in [0.3, 0.4) is 0 Å². The highest BCUT2D eigenvalue weighted by Gasteiger charge is 2.42. The lowest BCUT2D eigenvalue weighted by molar-refractivity contribution is -0.143. The van der Waals surface area contributed by atoms with Gasteiger partial charge in [-0.05, 0) is 37.2 Å². The summed E-state index contributed by atoms with van der Waals surface area (Å²) in [5.74, 6) is 0.356. The molecule has 1 atom stereocenters. The second-order valence-corrected chi connectivity index (χ2v) is 7.77. The maximum Gasteiger partial charge on any atom is 0.229 e. The highest BCUT2D eigenvalue weighted by molar-refractivity contribution is 5.83. The number of amides is 2. The average Bonchev–Trinajstić information content (AvgIpc) is 2.69. The molecular formula is C21H30N2O3. The van der Waals surface area contributed by atoms with E-state index in [1.165, 1.54) is 0 Å². The molecule has 0 saturated carbocycles. The molecule has 2 fully saturated rings. The third-order valence-electron chi connectivity index (χ3n) is 6.12. The number of likely N-dealkylation sites (tertiary alicyclic amines) is 2. The standard InChI is InChI=1S/C21H30N2O3/c1-17(18-6-4-3-5-7-18)20(25)22-12-10-21(11-13-22)9-8-19(24)23(16-21)14-15-26-2/h3-7,17H,8-16H2,1-2H3/t17-/m1/s1. The number of hydrogen-bond donors (Lipinski definition) is 0. The molecule has 5 nitrogen and oxygen atoms in total. The summed E-state index contributed by atoms with van der Waals surface area (Å²) in [6, 6.07) is 9.99. The minimum absolute atomic E-state index is 0.101. The lowest BCUT2D eigenvalue weighted by Gasteiger charge is -2.47. The van der Waals surface area contributed by atoms with E-state index in [1.807, 2.05) is 47.1 Å². The van der Waals surface area contributed by atoms with Gasteiger partial charge in [0.2, 0.25) is 11.8 Å². The van der Waals surface area contributed by atoms with Gasteiger partial charge in [0.05, 0.1) is 12.5 Å². The van der Waals surface area contributed by atoms with Crippen LogP contribution in [0.2, 0.25) is 0 Å². The summed E-state index contributed by atoms with van der Waals surface area (Å²) in [5.41, 5.74) is 1.25. The van der Waals surface area contributed by atoms with Crippen LogP contribution in [0, 0.1) is 5.41 Å². The van der Waals surface area contributed by atoms with Crippen molar-refractivity contribution < 1.29 is 14.3 Å². The van der Waals surface area contributed by atoms with Gasteiger partial charge in [-0.25, -0.2) is 0 Å². The first-order valence-corrected chi connectivity index (χ1v) is 9.65. The van der Waals surface area contributed by atoms with E-state index in [0.717, 1.165) is 44.5 Å². The topological polar surface area (TPSA) is 49.9 Å². The van der Waals surface area contributed by atoms with Crippen LogP contribution in [-0.4, -0.2) is 61.5 Å². The third-order valence-corrected chi connectivity index (χ3v) is 6.12. The Morgan fingerprint density at radius 3 is 2.54 bits per heavy atom. The molecule has 2 aliphatic heterocycles. The van der Waals surface area contributed by atoms with Gasteiger partial charge in [-0.15, -0.1) is 0 Å². The van der Waals surface area contributed by atoms with E-state index in [2.05, 4.69) is 0 Å². The minimum Gasteiger partial charge on any atom is -0.383 e. The normalized spacial score (nSPS) is 21.1. The van der Waals surface area contributed by atoms with Crippen molar-refractivity contribution in [3.8, 4) is 0 Å². The van der Waals surface area contributed by atoms with Gasteiger partial charge in [-0.3, -0.25) is 9.59 Å². The van der Waals surface area contributed by atoms with Gasteiger partial charge in [0.25, 0.3) is 0 Å². The molecule has 1 spiro atoms. The maximum absolute atomic E-state index is 12.9. The number of ether oxygens (including phenoxy) is 1. The number of carbonyl (C=O) groups is 2. The molecule has 1 aromatic carbocycles. The number of hydrogen-bond acceptors (Lipinski definition) is 3. The van der Waals surface area contributed by atoms with E-state index in [4.69, 9.17) is 4.74 Å². The van der Waals surface area contributed by atoms with E-state index < -0.39 is 0 Å². The number of nitrogens with zero attached hydrogens (tertiary/aromatic N) is 2. The van der Waals surface area contributed by atoms with Crippen molar-refractivity contribution in [1.29, 1.82) is 0 Å².